The molecule has 24 heavy (non-hydrogen) atoms. The highest BCUT2D eigenvalue weighted by molar-refractivity contribution is 9.10. The van der Waals surface area contributed by atoms with Gasteiger partial charge >= 0.3 is 5.97 Å². The zero-order chi connectivity index (χ0) is 16.9. The predicted octanol–water partition coefficient (Wildman–Crippen LogP) is 3.81. The van der Waals surface area contributed by atoms with Crippen molar-refractivity contribution in [3.05, 3.63) is 59.3 Å². The van der Waals surface area contributed by atoms with Gasteiger partial charge in [0.25, 0.3) is 0 Å². The highest BCUT2D eigenvalue weighted by atomic mass is 79.9. The molecule has 1 atom stereocenters. The average Bonchev–Trinajstić information content (AvgIpc) is 2.97. The summed E-state index contributed by atoms with van der Waals surface area (Å²) in [4.78, 5) is 15.7. The normalized spacial score (nSPS) is 12.1. The van der Waals surface area contributed by atoms with Crippen molar-refractivity contribution in [1.29, 1.82) is 0 Å². The molecular formula is C18H17BrN2O3. The minimum absolute atomic E-state index is 0.272. The number of ether oxygens (including phenoxy) is 2. The predicted molar refractivity (Wildman–Crippen MR) is 94.9 cm³/mol. The Morgan fingerprint density at radius 1 is 1.21 bits per heavy atom. The molecule has 0 aliphatic rings. The van der Waals surface area contributed by atoms with Gasteiger partial charge in [-0.15, -0.1) is 0 Å². The van der Waals surface area contributed by atoms with E-state index in [9.17, 15) is 4.79 Å². The molecule has 0 unspecified atom stereocenters. The van der Waals surface area contributed by atoms with Gasteiger partial charge in [-0.3, -0.25) is 4.79 Å². The summed E-state index contributed by atoms with van der Waals surface area (Å²) >= 11 is 3.39. The first-order valence-corrected chi connectivity index (χ1v) is 8.36. The smallest absolute Gasteiger partial charge is 0.303 e. The number of carbonyl (C=O) groups is 1. The molecule has 0 amide bonds. The Hall–Kier alpha value is -2.34. The van der Waals surface area contributed by atoms with E-state index in [2.05, 4.69) is 20.9 Å². The molecule has 2 aromatic carbocycles. The third-order valence-electron chi connectivity index (χ3n) is 3.51. The van der Waals surface area contributed by atoms with E-state index in [1.54, 1.807) is 6.33 Å². The van der Waals surface area contributed by atoms with Crippen molar-refractivity contribution in [2.75, 3.05) is 6.61 Å². The second-order valence-electron chi connectivity index (χ2n) is 5.38. The second kappa shape index (κ2) is 7.49. The highest BCUT2D eigenvalue weighted by Crippen LogP contribution is 2.17. The van der Waals surface area contributed by atoms with Crippen LogP contribution in [0.5, 0.6) is 5.75 Å². The number of fused-ring (bicyclic) bond motifs is 1. The Morgan fingerprint density at radius 3 is 2.71 bits per heavy atom. The van der Waals surface area contributed by atoms with E-state index < -0.39 is 6.10 Å². The van der Waals surface area contributed by atoms with Crippen LogP contribution < -0.4 is 4.74 Å². The number of halogens is 1. The Morgan fingerprint density at radius 2 is 1.96 bits per heavy atom. The van der Waals surface area contributed by atoms with E-state index in [0.717, 1.165) is 21.3 Å². The Balaban J connectivity index is 1.71. The van der Waals surface area contributed by atoms with E-state index in [1.807, 2.05) is 53.1 Å². The number of esters is 1. The standard InChI is InChI=1S/C18H17BrN2O3/c1-13(22)24-16(11-23-15-8-6-14(19)7-9-15)10-21-12-20-17-4-2-3-5-18(17)21/h2-9,12,16H,10-11H2,1H3/t16-/m0/s1. The molecule has 3 aromatic rings. The summed E-state index contributed by atoms with van der Waals surface area (Å²) in [5.74, 6) is 0.398. The number of hydrogen-bond donors (Lipinski definition) is 0. The first-order valence-electron chi connectivity index (χ1n) is 7.57. The average molecular weight is 389 g/mol. The van der Waals surface area contributed by atoms with Gasteiger partial charge < -0.3 is 14.0 Å². The molecular weight excluding hydrogens is 372 g/mol. The van der Waals surface area contributed by atoms with Gasteiger partial charge in [0, 0.05) is 11.4 Å². The number of para-hydroxylation sites is 2. The highest BCUT2D eigenvalue weighted by Gasteiger charge is 2.15. The van der Waals surface area contributed by atoms with Gasteiger partial charge in [-0.05, 0) is 36.4 Å². The van der Waals surface area contributed by atoms with E-state index in [-0.39, 0.29) is 12.6 Å². The van der Waals surface area contributed by atoms with Gasteiger partial charge in [0.15, 0.2) is 6.10 Å². The van der Waals surface area contributed by atoms with Crippen molar-refractivity contribution in [3.63, 3.8) is 0 Å². The summed E-state index contributed by atoms with van der Waals surface area (Å²) in [5, 5.41) is 0. The van der Waals surface area contributed by atoms with Crippen LogP contribution in [0.4, 0.5) is 0 Å². The van der Waals surface area contributed by atoms with Crippen molar-refractivity contribution in [3.8, 4) is 5.75 Å². The monoisotopic (exact) mass is 388 g/mol. The molecule has 124 valence electrons. The van der Waals surface area contributed by atoms with Gasteiger partial charge in [0.2, 0.25) is 0 Å². The number of hydrogen-bond acceptors (Lipinski definition) is 4. The summed E-state index contributed by atoms with van der Waals surface area (Å²) < 4.78 is 14.1. The van der Waals surface area contributed by atoms with Crippen LogP contribution in [-0.4, -0.2) is 28.2 Å². The van der Waals surface area contributed by atoms with Crippen molar-refractivity contribution < 1.29 is 14.3 Å². The fraction of sp³-hybridized carbons (Fsp3) is 0.222. The van der Waals surface area contributed by atoms with E-state index >= 15 is 0 Å². The minimum Gasteiger partial charge on any atom is -0.490 e. The number of imidazole rings is 1. The van der Waals surface area contributed by atoms with Gasteiger partial charge in [-0.2, -0.15) is 0 Å². The summed E-state index contributed by atoms with van der Waals surface area (Å²) in [6.45, 7) is 2.16. The zero-order valence-corrected chi connectivity index (χ0v) is 14.8. The molecule has 0 saturated carbocycles. The maximum absolute atomic E-state index is 11.4. The molecule has 0 fully saturated rings. The van der Waals surface area contributed by atoms with Crippen LogP contribution in [0.3, 0.4) is 0 Å². The molecule has 0 saturated heterocycles. The first kappa shape index (κ1) is 16.5. The van der Waals surface area contributed by atoms with Crippen LogP contribution >= 0.6 is 15.9 Å². The lowest BCUT2D eigenvalue weighted by molar-refractivity contribution is -0.148. The molecule has 6 heteroatoms. The largest absolute Gasteiger partial charge is 0.490 e. The quantitative estimate of drug-likeness (QED) is 0.602. The number of benzene rings is 2. The van der Waals surface area contributed by atoms with Gasteiger partial charge in [-0.25, -0.2) is 4.98 Å². The fourth-order valence-electron chi connectivity index (χ4n) is 2.45. The number of rotatable bonds is 6. The van der Waals surface area contributed by atoms with Crippen LogP contribution in [0.1, 0.15) is 6.92 Å². The number of carbonyl (C=O) groups excluding carboxylic acids is 1. The molecule has 0 radical (unpaired) electrons. The Kier molecular flexibility index (Phi) is 5.15. The van der Waals surface area contributed by atoms with Crippen LogP contribution in [0.15, 0.2) is 59.3 Å². The first-order chi connectivity index (χ1) is 11.6. The summed E-state index contributed by atoms with van der Waals surface area (Å²) in [6, 6.07) is 15.4. The summed E-state index contributed by atoms with van der Waals surface area (Å²) in [6.07, 6.45) is 1.35. The van der Waals surface area contributed by atoms with Crippen LogP contribution in [-0.2, 0) is 16.1 Å². The number of nitrogens with zero attached hydrogens (tertiary/aromatic N) is 2. The van der Waals surface area contributed by atoms with Crippen molar-refractivity contribution in [1.82, 2.24) is 9.55 Å². The maximum Gasteiger partial charge on any atom is 0.303 e. The molecule has 1 aromatic heterocycles. The van der Waals surface area contributed by atoms with Crippen molar-refractivity contribution in [2.24, 2.45) is 0 Å². The third-order valence-corrected chi connectivity index (χ3v) is 4.04. The topological polar surface area (TPSA) is 53.4 Å². The minimum atomic E-state index is -0.399. The summed E-state index contributed by atoms with van der Waals surface area (Å²) in [5.41, 5.74) is 1.91. The fourth-order valence-corrected chi connectivity index (χ4v) is 2.72. The summed E-state index contributed by atoms with van der Waals surface area (Å²) in [7, 11) is 0. The van der Waals surface area contributed by atoms with Gasteiger partial charge in [0.05, 0.1) is 23.9 Å². The molecule has 0 spiro atoms. The lowest BCUT2D eigenvalue weighted by Gasteiger charge is -2.18. The second-order valence-corrected chi connectivity index (χ2v) is 6.30. The molecule has 0 N–H and O–H groups in total. The van der Waals surface area contributed by atoms with E-state index in [1.165, 1.54) is 6.92 Å². The van der Waals surface area contributed by atoms with E-state index in [4.69, 9.17) is 9.47 Å². The Bertz CT molecular complexity index is 830. The zero-order valence-electron chi connectivity index (χ0n) is 13.2. The van der Waals surface area contributed by atoms with Crippen LogP contribution in [0.2, 0.25) is 0 Å². The Labute approximate surface area is 148 Å². The van der Waals surface area contributed by atoms with Crippen molar-refractivity contribution >= 4 is 32.9 Å². The molecule has 0 aliphatic carbocycles. The van der Waals surface area contributed by atoms with Gasteiger partial charge in [0.1, 0.15) is 12.4 Å². The molecule has 5 nitrogen and oxygen atoms in total. The number of aromatic nitrogens is 2. The van der Waals surface area contributed by atoms with E-state index in [0.29, 0.717) is 6.54 Å². The van der Waals surface area contributed by atoms with Crippen molar-refractivity contribution in [2.45, 2.75) is 19.6 Å². The third kappa shape index (κ3) is 4.14. The molecule has 0 aliphatic heterocycles. The SMILES string of the molecule is CC(=O)O[C@H](COc1ccc(Br)cc1)Cn1cnc2ccccc21. The van der Waals surface area contributed by atoms with Crippen LogP contribution in [0.25, 0.3) is 11.0 Å². The molecule has 0 bridgehead atoms. The maximum atomic E-state index is 11.4. The lowest BCUT2D eigenvalue weighted by Crippen LogP contribution is -2.28. The van der Waals surface area contributed by atoms with Gasteiger partial charge in [-0.1, -0.05) is 28.1 Å². The lowest BCUT2D eigenvalue weighted by atomic mass is 10.3. The molecule has 1 heterocycles. The molecule has 3 rings (SSSR count). The van der Waals surface area contributed by atoms with Crippen LogP contribution in [0, 0.1) is 0 Å².